The van der Waals surface area contributed by atoms with Gasteiger partial charge in [-0.3, -0.25) is 0 Å². The van der Waals surface area contributed by atoms with Gasteiger partial charge in [0.2, 0.25) is 5.71 Å². The Kier molecular flexibility index (Phi) is 1.39. The Morgan fingerprint density at radius 2 is 2.07 bits per heavy atom. The molecule has 0 aliphatic carbocycles. The summed E-state index contributed by atoms with van der Waals surface area (Å²) in [7, 11) is 0. The van der Waals surface area contributed by atoms with Crippen LogP contribution in [0.4, 0.5) is 0 Å². The van der Waals surface area contributed by atoms with E-state index >= 15 is 0 Å². The zero-order valence-corrected chi connectivity index (χ0v) is 7.82. The standard InChI is InChI=1S/C12H9NO/c1-8-4-5-9-10-3-2-6-13-12(10)14-11(9)7-8/h2-7H,1H3. The van der Waals surface area contributed by atoms with Crippen LogP contribution in [0.1, 0.15) is 5.56 Å². The third-order valence-electron chi connectivity index (χ3n) is 2.41. The molecule has 14 heavy (non-hydrogen) atoms. The van der Waals surface area contributed by atoms with E-state index in [2.05, 4.69) is 24.0 Å². The Labute approximate surface area is 81.2 Å². The Balaban J connectivity index is 2.57. The van der Waals surface area contributed by atoms with Crippen molar-refractivity contribution in [1.82, 2.24) is 4.98 Å². The molecule has 0 radical (unpaired) electrons. The number of pyridine rings is 1. The fourth-order valence-corrected chi connectivity index (χ4v) is 1.72. The number of hydrogen-bond donors (Lipinski definition) is 0. The minimum atomic E-state index is 0.716. The van der Waals surface area contributed by atoms with Crippen LogP contribution in [0.3, 0.4) is 0 Å². The lowest BCUT2D eigenvalue weighted by Crippen LogP contribution is -1.70. The van der Waals surface area contributed by atoms with E-state index in [1.165, 1.54) is 5.56 Å². The first kappa shape index (κ1) is 7.56. The molecule has 2 nitrogen and oxygen atoms in total. The van der Waals surface area contributed by atoms with E-state index in [4.69, 9.17) is 4.42 Å². The van der Waals surface area contributed by atoms with Crippen LogP contribution in [-0.4, -0.2) is 4.98 Å². The number of aromatic nitrogens is 1. The number of aryl methyl sites for hydroxylation is 1. The Morgan fingerprint density at radius 3 is 3.00 bits per heavy atom. The zero-order valence-electron chi connectivity index (χ0n) is 7.82. The average molecular weight is 183 g/mol. The van der Waals surface area contributed by atoms with Gasteiger partial charge in [-0.05, 0) is 30.7 Å². The van der Waals surface area contributed by atoms with Gasteiger partial charge in [-0.25, -0.2) is 4.98 Å². The molecule has 0 amide bonds. The fourth-order valence-electron chi connectivity index (χ4n) is 1.72. The van der Waals surface area contributed by atoms with Gasteiger partial charge in [-0.2, -0.15) is 0 Å². The summed E-state index contributed by atoms with van der Waals surface area (Å²) in [6.45, 7) is 2.06. The maximum absolute atomic E-state index is 5.62. The first-order chi connectivity index (χ1) is 6.84. The quantitative estimate of drug-likeness (QED) is 0.534. The van der Waals surface area contributed by atoms with Gasteiger partial charge in [0.05, 0.1) is 0 Å². The molecule has 2 heterocycles. The maximum atomic E-state index is 5.62. The lowest BCUT2D eigenvalue weighted by molar-refractivity contribution is 0.654. The Morgan fingerprint density at radius 1 is 1.14 bits per heavy atom. The molecule has 68 valence electrons. The smallest absolute Gasteiger partial charge is 0.227 e. The van der Waals surface area contributed by atoms with Crippen molar-refractivity contribution in [2.75, 3.05) is 0 Å². The van der Waals surface area contributed by atoms with Crippen LogP contribution in [-0.2, 0) is 0 Å². The van der Waals surface area contributed by atoms with Crippen LogP contribution < -0.4 is 0 Å². The molecule has 2 aromatic heterocycles. The van der Waals surface area contributed by atoms with Crippen molar-refractivity contribution in [2.24, 2.45) is 0 Å². The lowest BCUT2D eigenvalue weighted by Gasteiger charge is -1.90. The van der Waals surface area contributed by atoms with Gasteiger partial charge in [0.15, 0.2) is 0 Å². The molecule has 0 aliphatic rings. The topological polar surface area (TPSA) is 26.0 Å². The van der Waals surface area contributed by atoms with Crippen molar-refractivity contribution in [1.29, 1.82) is 0 Å². The van der Waals surface area contributed by atoms with Crippen LogP contribution >= 0.6 is 0 Å². The van der Waals surface area contributed by atoms with Gasteiger partial charge in [-0.1, -0.05) is 12.1 Å². The molecule has 0 saturated heterocycles. The highest BCUT2D eigenvalue weighted by molar-refractivity contribution is 6.03. The summed E-state index contributed by atoms with van der Waals surface area (Å²) in [6, 6.07) is 10.2. The summed E-state index contributed by atoms with van der Waals surface area (Å²) in [5.41, 5.74) is 2.84. The van der Waals surface area contributed by atoms with Crippen LogP contribution in [0.2, 0.25) is 0 Å². The monoisotopic (exact) mass is 183 g/mol. The fraction of sp³-hybridized carbons (Fsp3) is 0.0833. The molecule has 3 rings (SSSR count). The first-order valence-corrected chi connectivity index (χ1v) is 4.58. The van der Waals surface area contributed by atoms with Crippen molar-refractivity contribution < 1.29 is 4.42 Å². The van der Waals surface area contributed by atoms with Gasteiger partial charge >= 0.3 is 0 Å². The minimum absolute atomic E-state index is 0.716. The second kappa shape index (κ2) is 2.58. The summed E-state index contributed by atoms with van der Waals surface area (Å²) in [5, 5.41) is 2.22. The van der Waals surface area contributed by atoms with E-state index in [9.17, 15) is 0 Å². The first-order valence-electron chi connectivity index (χ1n) is 4.58. The third-order valence-corrected chi connectivity index (χ3v) is 2.41. The van der Waals surface area contributed by atoms with Gasteiger partial charge in [0, 0.05) is 17.0 Å². The highest BCUT2D eigenvalue weighted by atomic mass is 16.3. The summed E-state index contributed by atoms with van der Waals surface area (Å²) in [6.07, 6.45) is 1.75. The van der Waals surface area contributed by atoms with Crippen molar-refractivity contribution in [3.8, 4) is 0 Å². The van der Waals surface area contributed by atoms with Crippen LogP contribution in [0.5, 0.6) is 0 Å². The van der Waals surface area contributed by atoms with E-state index in [1.54, 1.807) is 6.20 Å². The third kappa shape index (κ3) is 0.940. The highest BCUT2D eigenvalue weighted by Crippen LogP contribution is 2.27. The van der Waals surface area contributed by atoms with Gasteiger partial charge in [-0.15, -0.1) is 0 Å². The number of furan rings is 1. The van der Waals surface area contributed by atoms with Gasteiger partial charge in [0.1, 0.15) is 5.58 Å². The second-order valence-corrected chi connectivity index (χ2v) is 3.46. The Hall–Kier alpha value is -1.83. The van der Waals surface area contributed by atoms with E-state index in [0.717, 1.165) is 16.4 Å². The molecule has 0 unspecified atom stereocenters. The molecule has 0 spiro atoms. The minimum Gasteiger partial charge on any atom is -0.438 e. The number of rotatable bonds is 0. The number of benzene rings is 1. The van der Waals surface area contributed by atoms with Crippen LogP contribution in [0.25, 0.3) is 22.1 Å². The molecule has 0 aliphatic heterocycles. The summed E-state index contributed by atoms with van der Waals surface area (Å²) in [5.74, 6) is 0. The molecular weight excluding hydrogens is 174 g/mol. The summed E-state index contributed by atoms with van der Waals surface area (Å²) >= 11 is 0. The zero-order chi connectivity index (χ0) is 9.54. The molecule has 0 atom stereocenters. The van der Waals surface area contributed by atoms with Crippen LogP contribution in [0.15, 0.2) is 40.9 Å². The lowest BCUT2D eigenvalue weighted by atomic mass is 10.1. The van der Waals surface area contributed by atoms with Crippen molar-refractivity contribution in [2.45, 2.75) is 6.92 Å². The molecule has 3 aromatic rings. The molecule has 2 heteroatoms. The molecule has 0 saturated carbocycles. The maximum Gasteiger partial charge on any atom is 0.227 e. The molecule has 1 aromatic carbocycles. The van der Waals surface area contributed by atoms with E-state index in [1.807, 2.05) is 18.2 Å². The normalized spacial score (nSPS) is 11.2. The van der Waals surface area contributed by atoms with Gasteiger partial charge < -0.3 is 4.42 Å². The van der Waals surface area contributed by atoms with E-state index in [0.29, 0.717) is 5.71 Å². The van der Waals surface area contributed by atoms with E-state index < -0.39 is 0 Å². The second-order valence-electron chi connectivity index (χ2n) is 3.46. The van der Waals surface area contributed by atoms with Gasteiger partial charge in [0.25, 0.3) is 0 Å². The van der Waals surface area contributed by atoms with Crippen molar-refractivity contribution >= 4 is 22.1 Å². The molecule has 0 bridgehead atoms. The highest BCUT2D eigenvalue weighted by Gasteiger charge is 2.05. The molecule has 0 fully saturated rings. The number of fused-ring (bicyclic) bond motifs is 3. The van der Waals surface area contributed by atoms with Crippen molar-refractivity contribution in [3.05, 3.63) is 42.1 Å². The Bertz CT molecular complexity index is 610. The largest absolute Gasteiger partial charge is 0.438 e. The van der Waals surface area contributed by atoms with Crippen molar-refractivity contribution in [3.63, 3.8) is 0 Å². The average Bonchev–Trinajstić information content (AvgIpc) is 2.54. The SMILES string of the molecule is Cc1ccc2c(c1)oc1ncccc12. The molecular formula is C12H9NO. The number of hydrogen-bond acceptors (Lipinski definition) is 2. The molecule has 0 N–H and O–H groups in total. The predicted octanol–water partition coefficient (Wildman–Crippen LogP) is 3.29. The van der Waals surface area contributed by atoms with Crippen LogP contribution in [0, 0.1) is 6.92 Å². The summed E-state index contributed by atoms with van der Waals surface area (Å²) in [4.78, 5) is 4.18. The summed E-state index contributed by atoms with van der Waals surface area (Å²) < 4.78 is 5.62. The van der Waals surface area contributed by atoms with E-state index in [-0.39, 0.29) is 0 Å². The number of nitrogens with zero attached hydrogens (tertiary/aromatic N) is 1. The predicted molar refractivity (Wildman–Crippen MR) is 56.3 cm³/mol.